The monoisotopic (exact) mass is 330 g/mol. The second-order valence-electron chi connectivity index (χ2n) is 7.82. The summed E-state index contributed by atoms with van der Waals surface area (Å²) >= 11 is 0. The standard InChI is InChI=1S/C19H26N2O3/c1-19(2,3)24-18(23)21-12-15-11-20(16(13-21)9-17(15)22)10-14-7-5-4-6-8-14/h4-8,15-16H,9-13H2,1-3H3. The van der Waals surface area contributed by atoms with E-state index in [0.717, 1.165) is 13.1 Å². The number of rotatable bonds is 2. The summed E-state index contributed by atoms with van der Waals surface area (Å²) in [6.07, 6.45) is 0.213. The Balaban J connectivity index is 1.72. The molecule has 130 valence electrons. The van der Waals surface area contributed by atoms with Gasteiger partial charge in [0.15, 0.2) is 0 Å². The summed E-state index contributed by atoms with van der Waals surface area (Å²) in [4.78, 5) is 28.8. The highest BCUT2D eigenvalue weighted by Crippen LogP contribution is 2.28. The molecule has 5 nitrogen and oxygen atoms in total. The maximum absolute atomic E-state index is 12.4. The van der Waals surface area contributed by atoms with Crippen LogP contribution in [-0.4, -0.2) is 53.0 Å². The van der Waals surface area contributed by atoms with Gasteiger partial charge in [0.1, 0.15) is 11.4 Å². The predicted molar refractivity (Wildman–Crippen MR) is 91.6 cm³/mol. The molecular weight excluding hydrogens is 304 g/mol. The van der Waals surface area contributed by atoms with Crippen molar-refractivity contribution < 1.29 is 14.3 Å². The van der Waals surface area contributed by atoms with Gasteiger partial charge >= 0.3 is 6.09 Å². The van der Waals surface area contributed by atoms with Gasteiger partial charge < -0.3 is 9.64 Å². The Bertz CT molecular complexity index is 609. The summed E-state index contributed by atoms with van der Waals surface area (Å²) in [5.74, 6) is 0.162. The zero-order valence-electron chi connectivity index (χ0n) is 14.7. The summed E-state index contributed by atoms with van der Waals surface area (Å²) in [7, 11) is 0. The van der Waals surface area contributed by atoms with Crippen LogP contribution in [0.1, 0.15) is 32.8 Å². The molecule has 0 N–H and O–H groups in total. The normalized spacial score (nSPS) is 24.8. The Labute approximate surface area is 143 Å². The SMILES string of the molecule is CC(C)(C)OC(=O)N1CC2CN(Cc3ccccc3)C(CC2=O)C1. The Hall–Kier alpha value is -1.88. The minimum atomic E-state index is -0.518. The average Bonchev–Trinajstić information content (AvgIpc) is 2.76. The molecule has 3 saturated heterocycles. The van der Waals surface area contributed by atoms with E-state index in [4.69, 9.17) is 4.74 Å². The molecule has 3 fully saturated rings. The van der Waals surface area contributed by atoms with Crippen LogP contribution in [0.5, 0.6) is 0 Å². The van der Waals surface area contributed by atoms with Gasteiger partial charge in [-0.05, 0) is 26.3 Å². The minimum Gasteiger partial charge on any atom is -0.444 e. The molecule has 1 aromatic carbocycles. The highest BCUT2D eigenvalue weighted by molar-refractivity contribution is 5.84. The fraction of sp³-hybridized carbons (Fsp3) is 0.579. The first kappa shape index (κ1) is 17.0. The molecule has 3 aliphatic heterocycles. The summed E-state index contributed by atoms with van der Waals surface area (Å²) in [5.41, 5.74) is 0.720. The van der Waals surface area contributed by atoms with E-state index in [1.807, 2.05) is 39.0 Å². The van der Waals surface area contributed by atoms with Gasteiger partial charge in [-0.25, -0.2) is 4.79 Å². The van der Waals surface area contributed by atoms with Gasteiger partial charge in [0.2, 0.25) is 0 Å². The van der Waals surface area contributed by atoms with Gasteiger partial charge in [-0.2, -0.15) is 0 Å². The van der Waals surface area contributed by atoms with Crippen molar-refractivity contribution in [2.24, 2.45) is 5.92 Å². The van der Waals surface area contributed by atoms with E-state index in [2.05, 4.69) is 17.0 Å². The lowest BCUT2D eigenvalue weighted by Crippen LogP contribution is -2.47. The molecule has 3 aliphatic rings. The fourth-order valence-electron chi connectivity index (χ4n) is 3.48. The zero-order valence-corrected chi connectivity index (χ0v) is 14.7. The second-order valence-corrected chi connectivity index (χ2v) is 7.82. The Kier molecular flexibility index (Phi) is 4.63. The van der Waals surface area contributed by atoms with Crippen molar-refractivity contribution in [1.29, 1.82) is 0 Å². The number of ketones is 1. The van der Waals surface area contributed by atoms with Crippen molar-refractivity contribution in [2.75, 3.05) is 19.6 Å². The van der Waals surface area contributed by atoms with Crippen LogP contribution in [0.25, 0.3) is 0 Å². The van der Waals surface area contributed by atoms with Crippen LogP contribution in [0.2, 0.25) is 0 Å². The molecule has 0 saturated carbocycles. The largest absolute Gasteiger partial charge is 0.444 e. The van der Waals surface area contributed by atoms with E-state index in [1.165, 1.54) is 5.56 Å². The van der Waals surface area contributed by atoms with Crippen LogP contribution >= 0.6 is 0 Å². The number of Topliss-reactive ketones (excluding diaryl/α,β-unsaturated/α-hetero) is 1. The number of amides is 1. The molecule has 2 atom stereocenters. The van der Waals surface area contributed by atoms with Gasteiger partial charge in [0.05, 0.1) is 0 Å². The van der Waals surface area contributed by atoms with E-state index in [-0.39, 0.29) is 23.8 Å². The number of fused-ring (bicyclic) bond motifs is 4. The lowest BCUT2D eigenvalue weighted by atomic mass is 9.93. The molecule has 1 aromatic rings. The predicted octanol–water partition coefficient (Wildman–Crippen LogP) is 2.70. The van der Waals surface area contributed by atoms with Crippen LogP contribution in [0.3, 0.4) is 0 Å². The number of carbonyl (C=O) groups excluding carboxylic acids is 2. The third-order valence-electron chi connectivity index (χ3n) is 4.62. The van der Waals surface area contributed by atoms with E-state index in [1.54, 1.807) is 4.90 Å². The molecule has 24 heavy (non-hydrogen) atoms. The van der Waals surface area contributed by atoms with Gasteiger partial charge in [-0.3, -0.25) is 9.69 Å². The quantitative estimate of drug-likeness (QED) is 0.836. The molecular formula is C19H26N2O3. The van der Waals surface area contributed by atoms with Crippen molar-refractivity contribution >= 4 is 11.9 Å². The van der Waals surface area contributed by atoms with E-state index < -0.39 is 5.60 Å². The molecule has 0 spiro atoms. The average molecular weight is 330 g/mol. The van der Waals surface area contributed by atoms with Crippen molar-refractivity contribution in [2.45, 2.75) is 45.4 Å². The van der Waals surface area contributed by atoms with E-state index in [0.29, 0.717) is 19.5 Å². The molecule has 3 heterocycles. The maximum Gasteiger partial charge on any atom is 0.410 e. The Morgan fingerprint density at radius 1 is 1.17 bits per heavy atom. The molecule has 0 aromatic heterocycles. The van der Waals surface area contributed by atoms with Gasteiger partial charge in [-0.15, -0.1) is 0 Å². The van der Waals surface area contributed by atoms with E-state index in [9.17, 15) is 9.59 Å². The zero-order chi connectivity index (χ0) is 17.3. The summed E-state index contributed by atoms with van der Waals surface area (Å²) in [6.45, 7) is 8.16. The van der Waals surface area contributed by atoms with Crippen molar-refractivity contribution in [3.63, 3.8) is 0 Å². The van der Waals surface area contributed by atoms with Crippen molar-refractivity contribution in [1.82, 2.24) is 9.80 Å². The summed E-state index contributed by atoms with van der Waals surface area (Å²) in [5, 5.41) is 0. The molecule has 2 unspecified atom stereocenters. The Morgan fingerprint density at radius 2 is 1.88 bits per heavy atom. The smallest absolute Gasteiger partial charge is 0.410 e. The van der Waals surface area contributed by atoms with Crippen molar-refractivity contribution in [3.05, 3.63) is 35.9 Å². The lowest BCUT2D eigenvalue weighted by molar-refractivity contribution is -0.127. The lowest BCUT2D eigenvalue weighted by Gasteiger charge is -2.35. The number of benzene rings is 1. The first-order valence-corrected chi connectivity index (χ1v) is 8.60. The van der Waals surface area contributed by atoms with Crippen molar-refractivity contribution in [3.8, 4) is 0 Å². The van der Waals surface area contributed by atoms with Crippen LogP contribution in [0, 0.1) is 5.92 Å². The molecule has 1 amide bonds. The molecule has 4 rings (SSSR count). The fourth-order valence-corrected chi connectivity index (χ4v) is 3.48. The molecule has 0 aliphatic carbocycles. The second kappa shape index (κ2) is 6.55. The van der Waals surface area contributed by atoms with Crippen LogP contribution in [-0.2, 0) is 16.1 Å². The molecule has 2 bridgehead atoms. The van der Waals surface area contributed by atoms with Crippen LogP contribution in [0.4, 0.5) is 4.79 Å². The Morgan fingerprint density at radius 3 is 2.54 bits per heavy atom. The molecule has 0 radical (unpaired) electrons. The number of nitrogens with zero attached hydrogens (tertiary/aromatic N) is 2. The van der Waals surface area contributed by atoms with Gasteiger partial charge in [0, 0.05) is 44.6 Å². The number of hydrogen-bond acceptors (Lipinski definition) is 4. The number of hydrogen-bond donors (Lipinski definition) is 0. The topological polar surface area (TPSA) is 49.9 Å². The van der Waals surface area contributed by atoms with E-state index >= 15 is 0 Å². The third-order valence-corrected chi connectivity index (χ3v) is 4.62. The van der Waals surface area contributed by atoms with Gasteiger partial charge in [0.25, 0.3) is 0 Å². The minimum absolute atomic E-state index is 0.0731. The first-order chi connectivity index (χ1) is 11.3. The first-order valence-electron chi connectivity index (χ1n) is 8.60. The summed E-state index contributed by atoms with van der Waals surface area (Å²) < 4.78 is 5.50. The number of piperidine rings is 1. The van der Waals surface area contributed by atoms with Crippen LogP contribution in [0.15, 0.2) is 30.3 Å². The summed E-state index contributed by atoms with van der Waals surface area (Å²) in [6, 6.07) is 10.3. The van der Waals surface area contributed by atoms with Gasteiger partial charge in [-0.1, -0.05) is 30.3 Å². The number of carbonyl (C=O) groups is 2. The molecule has 5 heteroatoms. The highest BCUT2D eigenvalue weighted by Gasteiger charge is 2.42. The highest BCUT2D eigenvalue weighted by atomic mass is 16.6. The maximum atomic E-state index is 12.4. The van der Waals surface area contributed by atoms with Crippen LogP contribution < -0.4 is 0 Å². The number of ether oxygens (including phenoxy) is 1. The third kappa shape index (κ3) is 3.96.